The van der Waals surface area contributed by atoms with Crippen molar-refractivity contribution in [2.24, 2.45) is 0 Å². The number of carbonyl (C=O) groups is 3. The predicted octanol–water partition coefficient (Wildman–Crippen LogP) is 2.30. The van der Waals surface area contributed by atoms with Crippen LogP contribution >= 0.6 is 0 Å². The number of rotatable bonds is 7. The number of benzene rings is 2. The summed E-state index contributed by atoms with van der Waals surface area (Å²) >= 11 is 0. The molecule has 2 aromatic rings. The van der Waals surface area contributed by atoms with Crippen LogP contribution in [0.1, 0.15) is 18.9 Å². The van der Waals surface area contributed by atoms with E-state index >= 15 is 0 Å². The third kappa shape index (κ3) is 5.94. The Labute approximate surface area is 151 Å². The Hall–Kier alpha value is -3.35. The van der Waals surface area contributed by atoms with E-state index in [1.54, 1.807) is 37.4 Å². The minimum atomic E-state index is -0.421. The molecule has 0 saturated carbocycles. The van der Waals surface area contributed by atoms with E-state index < -0.39 is 5.91 Å². The van der Waals surface area contributed by atoms with Crippen molar-refractivity contribution in [1.29, 1.82) is 0 Å². The largest absolute Gasteiger partial charge is 0.496 e. The first-order chi connectivity index (χ1) is 12.5. The molecule has 0 saturated heterocycles. The molecule has 26 heavy (non-hydrogen) atoms. The van der Waals surface area contributed by atoms with Crippen LogP contribution in [0.25, 0.3) is 0 Å². The van der Waals surface area contributed by atoms with Crippen LogP contribution in [0, 0.1) is 0 Å². The zero-order valence-corrected chi connectivity index (χ0v) is 14.7. The zero-order valence-electron chi connectivity index (χ0n) is 14.7. The number of nitrogens with one attached hydrogen (secondary N) is 3. The number of methoxy groups -OCH3 is 1. The Kier molecular flexibility index (Phi) is 6.73. The molecule has 136 valence electrons. The van der Waals surface area contributed by atoms with E-state index in [2.05, 4.69) is 16.0 Å². The van der Waals surface area contributed by atoms with Gasteiger partial charge in [-0.3, -0.25) is 14.4 Å². The second-order valence-electron chi connectivity index (χ2n) is 5.57. The molecule has 3 N–H and O–H groups in total. The zero-order chi connectivity index (χ0) is 18.9. The fourth-order valence-electron chi connectivity index (χ4n) is 2.30. The molecule has 0 radical (unpaired) electrons. The number of anilines is 2. The fourth-order valence-corrected chi connectivity index (χ4v) is 2.30. The Balaban J connectivity index is 1.81. The number of hydrogen-bond acceptors (Lipinski definition) is 4. The second-order valence-corrected chi connectivity index (χ2v) is 5.57. The van der Waals surface area contributed by atoms with E-state index in [0.29, 0.717) is 17.1 Å². The molecule has 0 fully saturated rings. The van der Waals surface area contributed by atoms with Gasteiger partial charge in [-0.05, 0) is 30.3 Å². The van der Waals surface area contributed by atoms with Crippen LogP contribution in [0.2, 0.25) is 0 Å². The summed E-state index contributed by atoms with van der Waals surface area (Å²) in [6.45, 7) is 1.70. The summed E-state index contributed by atoms with van der Waals surface area (Å²) in [6, 6.07) is 14.0. The van der Waals surface area contributed by atoms with Crippen molar-refractivity contribution in [2.45, 2.75) is 19.9 Å². The molecule has 0 aliphatic carbocycles. The molecule has 0 aromatic heterocycles. The summed E-state index contributed by atoms with van der Waals surface area (Å²) in [7, 11) is 1.56. The minimum Gasteiger partial charge on any atom is -0.496 e. The van der Waals surface area contributed by atoms with E-state index in [1.165, 1.54) is 6.92 Å². The van der Waals surface area contributed by atoms with Crippen molar-refractivity contribution in [2.75, 3.05) is 17.7 Å². The van der Waals surface area contributed by atoms with Gasteiger partial charge in [0.05, 0.1) is 7.11 Å². The average Bonchev–Trinajstić information content (AvgIpc) is 2.61. The monoisotopic (exact) mass is 355 g/mol. The highest BCUT2D eigenvalue weighted by molar-refractivity contribution is 6.03. The van der Waals surface area contributed by atoms with Crippen LogP contribution in [0.15, 0.2) is 48.5 Å². The van der Waals surface area contributed by atoms with Crippen LogP contribution in [-0.2, 0) is 20.9 Å². The molecular weight excluding hydrogens is 334 g/mol. The maximum absolute atomic E-state index is 12.0. The molecule has 0 aliphatic rings. The quantitative estimate of drug-likeness (QED) is 0.664. The van der Waals surface area contributed by atoms with Crippen molar-refractivity contribution < 1.29 is 19.1 Å². The van der Waals surface area contributed by atoms with Gasteiger partial charge in [-0.1, -0.05) is 18.2 Å². The number of ether oxygens (including phenoxy) is 1. The van der Waals surface area contributed by atoms with Crippen molar-refractivity contribution in [1.82, 2.24) is 5.32 Å². The highest BCUT2D eigenvalue weighted by Gasteiger charge is 2.11. The van der Waals surface area contributed by atoms with Gasteiger partial charge in [-0.25, -0.2) is 0 Å². The van der Waals surface area contributed by atoms with E-state index in [1.807, 2.05) is 18.2 Å². The molecule has 7 nitrogen and oxygen atoms in total. The maximum atomic E-state index is 12.0. The average molecular weight is 355 g/mol. The SMILES string of the molecule is COc1ccccc1CNC(=O)CC(=O)Nc1ccc(NC(C)=O)cc1. The van der Waals surface area contributed by atoms with Gasteiger partial charge in [0.25, 0.3) is 0 Å². The van der Waals surface area contributed by atoms with Crippen molar-refractivity contribution in [3.63, 3.8) is 0 Å². The van der Waals surface area contributed by atoms with E-state index in [-0.39, 0.29) is 24.8 Å². The first kappa shape index (κ1) is 19.0. The van der Waals surface area contributed by atoms with Gasteiger partial charge in [-0.2, -0.15) is 0 Å². The maximum Gasteiger partial charge on any atom is 0.233 e. The Bertz CT molecular complexity index is 788. The lowest BCUT2D eigenvalue weighted by atomic mass is 10.2. The van der Waals surface area contributed by atoms with E-state index in [4.69, 9.17) is 4.74 Å². The van der Waals surface area contributed by atoms with E-state index in [9.17, 15) is 14.4 Å². The molecule has 7 heteroatoms. The van der Waals surface area contributed by atoms with Gasteiger partial charge in [0.2, 0.25) is 17.7 Å². The molecule has 0 aliphatic heterocycles. The summed E-state index contributed by atoms with van der Waals surface area (Å²) in [4.78, 5) is 34.9. The first-order valence-corrected chi connectivity index (χ1v) is 8.04. The topological polar surface area (TPSA) is 96.5 Å². The number of amides is 3. The molecule has 3 amide bonds. The smallest absolute Gasteiger partial charge is 0.233 e. The van der Waals surface area contributed by atoms with Gasteiger partial charge in [0.1, 0.15) is 12.2 Å². The highest BCUT2D eigenvalue weighted by Crippen LogP contribution is 2.17. The van der Waals surface area contributed by atoms with Crippen LogP contribution in [0.4, 0.5) is 11.4 Å². The van der Waals surface area contributed by atoms with Gasteiger partial charge >= 0.3 is 0 Å². The summed E-state index contributed by atoms with van der Waals surface area (Å²) in [5.41, 5.74) is 2.00. The van der Waals surface area contributed by atoms with Crippen LogP contribution < -0.4 is 20.7 Å². The van der Waals surface area contributed by atoms with Crippen molar-refractivity contribution >= 4 is 29.1 Å². The number of carbonyl (C=O) groups excluding carboxylic acids is 3. The lowest BCUT2D eigenvalue weighted by Crippen LogP contribution is -2.27. The van der Waals surface area contributed by atoms with Crippen LogP contribution in [-0.4, -0.2) is 24.8 Å². The fraction of sp³-hybridized carbons (Fsp3) is 0.211. The molecule has 2 rings (SSSR count). The third-order valence-corrected chi connectivity index (χ3v) is 3.48. The molecule has 0 unspecified atom stereocenters. The minimum absolute atomic E-state index is 0.173. The third-order valence-electron chi connectivity index (χ3n) is 3.48. The lowest BCUT2D eigenvalue weighted by Gasteiger charge is -2.10. The molecule has 0 heterocycles. The second kappa shape index (κ2) is 9.22. The predicted molar refractivity (Wildman–Crippen MR) is 98.8 cm³/mol. The summed E-state index contributed by atoms with van der Waals surface area (Å²) in [5.74, 6) is -0.303. The lowest BCUT2D eigenvalue weighted by molar-refractivity contribution is -0.127. The normalized spacial score (nSPS) is 9.92. The molecule has 2 aromatic carbocycles. The highest BCUT2D eigenvalue weighted by atomic mass is 16.5. The standard InChI is InChI=1S/C19H21N3O4/c1-13(23)21-15-7-9-16(10-8-15)22-19(25)11-18(24)20-12-14-5-3-4-6-17(14)26-2/h3-10H,11-12H2,1-2H3,(H,20,24)(H,21,23)(H,22,25). The molecule has 0 atom stereocenters. The Morgan fingerprint density at radius 3 is 2.12 bits per heavy atom. The van der Waals surface area contributed by atoms with E-state index in [0.717, 1.165) is 5.56 Å². The van der Waals surface area contributed by atoms with Crippen molar-refractivity contribution in [3.8, 4) is 5.75 Å². The summed E-state index contributed by atoms with van der Waals surface area (Å²) in [6.07, 6.45) is -0.289. The van der Waals surface area contributed by atoms with Crippen LogP contribution in [0.3, 0.4) is 0 Å². The van der Waals surface area contributed by atoms with Crippen molar-refractivity contribution in [3.05, 3.63) is 54.1 Å². The van der Waals surface area contributed by atoms with Gasteiger partial charge in [-0.15, -0.1) is 0 Å². The molecular formula is C19H21N3O4. The molecule has 0 spiro atoms. The Morgan fingerprint density at radius 2 is 1.50 bits per heavy atom. The summed E-state index contributed by atoms with van der Waals surface area (Å²) in [5, 5.41) is 7.96. The number of hydrogen-bond donors (Lipinski definition) is 3. The van der Waals surface area contributed by atoms with Crippen LogP contribution in [0.5, 0.6) is 5.75 Å². The van der Waals surface area contributed by atoms with Gasteiger partial charge in [0.15, 0.2) is 0 Å². The summed E-state index contributed by atoms with van der Waals surface area (Å²) < 4.78 is 5.21. The molecule has 0 bridgehead atoms. The Morgan fingerprint density at radius 1 is 0.885 bits per heavy atom. The van der Waals surface area contributed by atoms with Gasteiger partial charge in [0, 0.05) is 30.4 Å². The van der Waals surface area contributed by atoms with Gasteiger partial charge < -0.3 is 20.7 Å². The first-order valence-electron chi connectivity index (χ1n) is 8.04. The number of para-hydroxylation sites is 1.